The number of nitrogens with zero attached hydrogens (tertiary/aromatic N) is 3. The first-order chi connectivity index (χ1) is 20.0. The number of aromatic amines is 1. The van der Waals surface area contributed by atoms with Crippen LogP contribution in [0.4, 0.5) is 11.6 Å². The average Bonchev–Trinajstić information content (AvgIpc) is 3.70. The zero-order valence-corrected chi connectivity index (χ0v) is 22.8. The van der Waals surface area contributed by atoms with E-state index >= 15 is 0 Å². The molecular weight excluding hydrogens is 524 g/mol. The summed E-state index contributed by atoms with van der Waals surface area (Å²) in [7, 11) is 1.56. The molecule has 2 fully saturated rings. The van der Waals surface area contributed by atoms with E-state index in [0.29, 0.717) is 53.6 Å². The summed E-state index contributed by atoms with van der Waals surface area (Å²) in [6.07, 6.45) is 6.25. The minimum Gasteiger partial charge on any atom is -0.495 e. The van der Waals surface area contributed by atoms with Gasteiger partial charge >= 0.3 is 0 Å². The fourth-order valence-electron chi connectivity index (χ4n) is 5.38. The number of aryl methyl sites for hydroxylation is 1. The molecule has 11 heteroatoms. The second-order valence-corrected chi connectivity index (χ2v) is 10.5. The summed E-state index contributed by atoms with van der Waals surface area (Å²) in [5.41, 5.74) is 5.15. The van der Waals surface area contributed by atoms with Gasteiger partial charge < -0.3 is 34.2 Å². The van der Waals surface area contributed by atoms with Gasteiger partial charge in [0.05, 0.1) is 37.4 Å². The molecule has 1 amide bonds. The Balaban J connectivity index is 1.24. The van der Waals surface area contributed by atoms with Gasteiger partial charge in [0, 0.05) is 24.2 Å². The molecule has 210 valence electrons. The van der Waals surface area contributed by atoms with Gasteiger partial charge in [0.2, 0.25) is 11.8 Å². The first-order valence-corrected chi connectivity index (χ1v) is 13.8. The van der Waals surface area contributed by atoms with Crippen LogP contribution in [0.25, 0.3) is 33.3 Å². The van der Waals surface area contributed by atoms with Crippen molar-refractivity contribution in [1.29, 1.82) is 0 Å². The van der Waals surface area contributed by atoms with Crippen molar-refractivity contribution in [3.63, 3.8) is 0 Å². The highest BCUT2D eigenvalue weighted by Crippen LogP contribution is 2.38. The number of nitrogens with one attached hydrogen (secondary N) is 3. The Hall–Kier alpha value is -4.64. The van der Waals surface area contributed by atoms with E-state index in [2.05, 4.69) is 20.6 Å². The lowest BCUT2D eigenvalue weighted by Crippen LogP contribution is -2.48. The smallest absolute Gasteiger partial charge is 0.251 e. The van der Waals surface area contributed by atoms with Crippen molar-refractivity contribution in [2.24, 2.45) is 0 Å². The molecule has 0 bridgehead atoms. The first-order valence-electron chi connectivity index (χ1n) is 13.8. The largest absolute Gasteiger partial charge is 0.495 e. The molecule has 1 aliphatic heterocycles. The molecule has 3 N–H and O–H groups in total. The maximum atomic E-state index is 12.6. The molecule has 0 spiro atoms. The van der Waals surface area contributed by atoms with E-state index in [4.69, 9.17) is 28.6 Å². The number of aromatic nitrogens is 4. The molecule has 2 aromatic carbocycles. The van der Waals surface area contributed by atoms with Gasteiger partial charge in [-0.3, -0.25) is 4.79 Å². The van der Waals surface area contributed by atoms with Crippen LogP contribution < -0.4 is 20.1 Å². The van der Waals surface area contributed by atoms with Crippen molar-refractivity contribution in [3.8, 4) is 22.8 Å². The third-order valence-corrected chi connectivity index (χ3v) is 7.57. The number of rotatable bonds is 8. The van der Waals surface area contributed by atoms with Gasteiger partial charge in [0.1, 0.15) is 23.0 Å². The molecule has 11 nitrogen and oxygen atoms in total. The Bertz CT molecular complexity index is 1750. The van der Waals surface area contributed by atoms with Gasteiger partial charge in [0.25, 0.3) is 5.91 Å². The molecule has 3 aromatic heterocycles. The Morgan fingerprint density at radius 1 is 1.07 bits per heavy atom. The summed E-state index contributed by atoms with van der Waals surface area (Å²) in [4.78, 5) is 29.9. The van der Waals surface area contributed by atoms with Gasteiger partial charge in [-0.15, -0.1) is 0 Å². The number of H-pyrrole nitrogens is 1. The number of methoxy groups -OCH3 is 1. The average molecular weight is 555 g/mol. The first kappa shape index (κ1) is 25.3. The van der Waals surface area contributed by atoms with Crippen molar-refractivity contribution in [2.75, 3.05) is 25.6 Å². The van der Waals surface area contributed by atoms with Crippen molar-refractivity contribution >= 4 is 39.7 Å². The molecule has 1 saturated heterocycles. The van der Waals surface area contributed by atoms with E-state index in [1.54, 1.807) is 25.3 Å². The highest BCUT2D eigenvalue weighted by Gasteiger charge is 2.24. The highest BCUT2D eigenvalue weighted by atomic mass is 16.5. The summed E-state index contributed by atoms with van der Waals surface area (Å²) in [5, 5.41) is 7.01. The molecule has 1 aliphatic carbocycles. The molecule has 4 heterocycles. The number of hydrogen-bond acceptors (Lipinski definition) is 9. The number of ether oxygens (including phenoxy) is 3. The fraction of sp³-hybridized carbons (Fsp3) is 0.333. The van der Waals surface area contributed by atoms with Crippen LogP contribution in [-0.4, -0.2) is 58.3 Å². The van der Waals surface area contributed by atoms with Crippen LogP contribution in [0, 0.1) is 6.92 Å². The number of oxazole rings is 1. The lowest BCUT2D eigenvalue weighted by molar-refractivity contribution is -0.00346. The summed E-state index contributed by atoms with van der Waals surface area (Å²) >= 11 is 0. The van der Waals surface area contributed by atoms with E-state index in [-0.39, 0.29) is 18.1 Å². The molecule has 2 aliphatic rings. The van der Waals surface area contributed by atoms with E-state index < -0.39 is 0 Å². The standard InChI is InChI=1S/C30H30N6O5/c1-16-32-23-9-7-17(11-25(23)40-16)21-13-31-27-26(21)29(41-20-5-3-4-6-20)36-30(35-27)34-22-10-8-18(12-24(22)38-2)28(37)33-19-14-39-15-19/h7-13,19-20H,3-6,14-15H2,1-2H3,(H,33,37)(H2,31,34,35,36). The van der Waals surface area contributed by atoms with Crippen molar-refractivity contribution in [3.05, 3.63) is 54.0 Å². The highest BCUT2D eigenvalue weighted by molar-refractivity contribution is 5.99. The van der Waals surface area contributed by atoms with Crippen molar-refractivity contribution in [2.45, 2.75) is 44.8 Å². The predicted molar refractivity (Wildman–Crippen MR) is 153 cm³/mol. The Morgan fingerprint density at radius 2 is 1.93 bits per heavy atom. The Kier molecular flexibility index (Phi) is 6.43. The number of hydrogen-bond donors (Lipinski definition) is 3. The molecule has 0 unspecified atom stereocenters. The third kappa shape index (κ3) is 4.93. The van der Waals surface area contributed by atoms with E-state index in [0.717, 1.165) is 53.3 Å². The summed E-state index contributed by atoms with van der Waals surface area (Å²) < 4.78 is 23.0. The second-order valence-electron chi connectivity index (χ2n) is 10.5. The zero-order chi connectivity index (χ0) is 27.9. The van der Waals surface area contributed by atoms with Crippen molar-refractivity contribution < 1.29 is 23.4 Å². The van der Waals surface area contributed by atoms with E-state index in [9.17, 15) is 4.79 Å². The summed E-state index contributed by atoms with van der Waals surface area (Å²) in [5.74, 6) is 1.80. The maximum Gasteiger partial charge on any atom is 0.251 e. The quantitative estimate of drug-likeness (QED) is 0.234. The van der Waals surface area contributed by atoms with E-state index in [1.165, 1.54) is 0 Å². The van der Waals surface area contributed by atoms with Crippen LogP contribution in [0.2, 0.25) is 0 Å². The zero-order valence-electron chi connectivity index (χ0n) is 22.8. The lowest BCUT2D eigenvalue weighted by Gasteiger charge is -2.26. The topological polar surface area (TPSA) is 136 Å². The third-order valence-electron chi connectivity index (χ3n) is 7.57. The van der Waals surface area contributed by atoms with Gasteiger partial charge in [-0.2, -0.15) is 9.97 Å². The lowest BCUT2D eigenvalue weighted by atomic mass is 10.1. The van der Waals surface area contributed by atoms with Crippen LogP contribution in [0.1, 0.15) is 41.9 Å². The molecule has 5 aromatic rings. The number of amides is 1. The van der Waals surface area contributed by atoms with Crippen molar-refractivity contribution in [1.82, 2.24) is 25.3 Å². The fourth-order valence-corrected chi connectivity index (χ4v) is 5.38. The van der Waals surface area contributed by atoms with Gasteiger partial charge in [-0.25, -0.2) is 4.98 Å². The minimum absolute atomic E-state index is 0.0391. The molecule has 7 rings (SSSR count). The summed E-state index contributed by atoms with van der Waals surface area (Å²) in [6.45, 7) is 2.90. The molecule has 41 heavy (non-hydrogen) atoms. The molecular formula is C30H30N6O5. The van der Waals surface area contributed by atoms with Gasteiger partial charge in [-0.05, 0) is 61.6 Å². The normalized spacial score (nSPS) is 15.8. The number of carbonyl (C=O) groups is 1. The van der Waals surface area contributed by atoms with E-state index in [1.807, 2.05) is 31.3 Å². The van der Waals surface area contributed by atoms with Crippen LogP contribution in [0.15, 0.2) is 47.0 Å². The van der Waals surface area contributed by atoms with Crippen LogP contribution in [0.3, 0.4) is 0 Å². The van der Waals surface area contributed by atoms with Crippen LogP contribution in [0.5, 0.6) is 11.6 Å². The second kappa shape index (κ2) is 10.4. The van der Waals surface area contributed by atoms with Gasteiger partial charge in [0.15, 0.2) is 11.5 Å². The number of anilines is 2. The number of benzene rings is 2. The number of fused-ring (bicyclic) bond motifs is 2. The monoisotopic (exact) mass is 554 g/mol. The predicted octanol–water partition coefficient (Wildman–Crippen LogP) is 5.28. The molecule has 0 atom stereocenters. The van der Waals surface area contributed by atoms with Crippen LogP contribution >= 0.6 is 0 Å². The minimum atomic E-state index is -0.175. The summed E-state index contributed by atoms with van der Waals surface area (Å²) in [6, 6.07) is 11.2. The molecule has 0 radical (unpaired) electrons. The maximum absolute atomic E-state index is 12.6. The SMILES string of the molecule is COc1cc(C(=O)NC2COC2)ccc1Nc1nc(OC2CCCC2)c2c(-c3ccc4nc(C)oc4c3)c[nH]c2n1. The van der Waals surface area contributed by atoms with Gasteiger partial charge in [-0.1, -0.05) is 6.07 Å². The Labute approximate surface area is 235 Å². The number of carbonyl (C=O) groups excluding carboxylic acids is 1. The van der Waals surface area contributed by atoms with Crippen LogP contribution in [-0.2, 0) is 4.74 Å². The molecule has 1 saturated carbocycles. The Morgan fingerprint density at radius 3 is 2.71 bits per heavy atom.